The molecule has 2 N–H and O–H groups in total. The highest BCUT2D eigenvalue weighted by molar-refractivity contribution is 7.99. The SMILES string of the molecule is NC1CCSc2c1c1ccccc1n2Cc1ccccc1. The Labute approximate surface area is 129 Å². The number of para-hydroxylation sites is 1. The van der Waals surface area contributed by atoms with Crippen LogP contribution in [0, 0.1) is 0 Å². The molecule has 1 atom stereocenters. The van der Waals surface area contributed by atoms with Crippen molar-refractivity contribution in [1.29, 1.82) is 0 Å². The predicted molar refractivity (Wildman–Crippen MR) is 89.8 cm³/mol. The molecule has 0 aliphatic carbocycles. The van der Waals surface area contributed by atoms with E-state index in [0.717, 1.165) is 18.7 Å². The van der Waals surface area contributed by atoms with Crippen molar-refractivity contribution in [3.8, 4) is 0 Å². The van der Waals surface area contributed by atoms with Gasteiger partial charge in [0.05, 0.1) is 5.03 Å². The van der Waals surface area contributed by atoms with Gasteiger partial charge in [0.25, 0.3) is 0 Å². The number of nitrogens with zero attached hydrogens (tertiary/aromatic N) is 1. The quantitative estimate of drug-likeness (QED) is 0.768. The average Bonchev–Trinajstić information content (AvgIpc) is 2.84. The van der Waals surface area contributed by atoms with Crippen LogP contribution in [-0.4, -0.2) is 10.3 Å². The van der Waals surface area contributed by atoms with Gasteiger partial charge in [-0.2, -0.15) is 0 Å². The van der Waals surface area contributed by atoms with E-state index in [1.54, 1.807) is 0 Å². The van der Waals surface area contributed by atoms with Gasteiger partial charge in [0.15, 0.2) is 0 Å². The molecule has 3 aromatic rings. The van der Waals surface area contributed by atoms with Crippen LogP contribution in [0.4, 0.5) is 0 Å². The molecule has 3 heteroatoms. The lowest BCUT2D eigenvalue weighted by Gasteiger charge is -2.20. The Bertz CT molecular complexity index is 777. The Morgan fingerprint density at radius 1 is 1.05 bits per heavy atom. The molecule has 0 saturated carbocycles. The molecule has 21 heavy (non-hydrogen) atoms. The molecule has 1 aromatic heterocycles. The summed E-state index contributed by atoms with van der Waals surface area (Å²) in [7, 11) is 0. The normalized spacial score (nSPS) is 17.9. The highest BCUT2D eigenvalue weighted by atomic mass is 32.2. The van der Waals surface area contributed by atoms with Crippen LogP contribution in [-0.2, 0) is 6.54 Å². The van der Waals surface area contributed by atoms with Crippen LogP contribution in [0.5, 0.6) is 0 Å². The summed E-state index contributed by atoms with van der Waals surface area (Å²) >= 11 is 1.95. The van der Waals surface area contributed by atoms with Crippen molar-refractivity contribution in [2.45, 2.75) is 24.0 Å². The first kappa shape index (κ1) is 13.0. The molecule has 0 radical (unpaired) electrons. The lowest BCUT2D eigenvalue weighted by Crippen LogP contribution is -2.16. The molecular weight excluding hydrogens is 276 g/mol. The molecule has 0 fully saturated rings. The number of thioether (sulfide) groups is 1. The number of rotatable bonds is 2. The molecule has 2 heterocycles. The molecule has 2 nitrogen and oxygen atoms in total. The standard InChI is InChI=1S/C18H18N2S/c19-15-10-11-21-18-17(15)14-8-4-5-9-16(14)20(18)12-13-6-2-1-3-7-13/h1-9,15H,10-12,19H2. The third kappa shape index (κ3) is 2.17. The monoisotopic (exact) mass is 294 g/mol. The summed E-state index contributed by atoms with van der Waals surface area (Å²) in [5.41, 5.74) is 10.4. The van der Waals surface area contributed by atoms with Crippen LogP contribution in [0.3, 0.4) is 0 Å². The van der Waals surface area contributed by atoms with E-state index in [0.29, 0.717) is 0 Å². The van der Waals surface area contributed by atoms with E-state index < -0.39 is 0 Å². The van der Waals surface area contributed by atoms with Crippen LogP contribution in [0.2, 0.25) is 0 Å². The van der Waals surface area contributed by atoms with Gasteiger partial charge in [-0.15, -0.1) is 11.8 Å². The molecule has 0 saturated heterocycles. The van der Waals surface area contributed by atoms with Crippen LogP contribution < -0.4 is 5.73 Å². The van der Waals surface area contributed by atoms with Crippen LogP contribution in [0.15, 0.2) is 59.6 Å². The van der Waals surface area contributed by atoms with E-state index in [-0.39, 0.29) is 6.04 Å². The zero-order valence-electron chi connectivity index (χ0n) is 11.8. The van der Waals surface area contributed by atoms with E-state index in [1.165, 1.54) is 27.1 Å². The summed E-state index contributed by atoms with van der Waals surface area (Å²) in [6.45, 7) is 0.913. The van der Waals surface area contributed by atoms with E-state index in [9.17, 15) is 0 Å². The van der Waals surface area contributed by atoms with Gasteiger partial charge in [-0.3, -0.25) is 0 Å². The minimum Gasteiger partial charge on any atom is -0.331 e. The van der Waals surface area contributed by atoms with E-state index in [2.05, 4.69) is 59.2 Å². The first-order chi connectivity index (χ1) is 10.3. The zero-order chi connectivity index (χ0) is 14.2. The Balaban J connectivity index is 1.92. The third-order valence-corrected chi connectivity index (χ3v) is 5.34. The van der Waals surface area contributed by atoms with Crippen LogP contribution in [0.25, 0.3) is 10.9 Å². The largest absolute Gasteiger partial charge is 0.331 e. The zero-order valence-corrected chi connectivity index (χ0v) is 12.6. The van der Waals surface area contributed by atoms with Crippen LogP contribution >= 0.6 is 11.8 Å². The van der Waals surface area contributed by atoms with Crippen molar-refractivity contribution in [2.24, 2.45) is 5.73 Å². The number of fused-ring (bicyclic) bond motifs is 3. The van der Waals surface area contributed by atoms with Crippen molar-refractivity contribution in [1.82, 2.24) is 4.57 Å². The third-order valence-electron chi connectivity index (χ3n) is 4.18. The number of hydrogen-bond donors (Lipinski definition) is 1. The molecule has 0 spiro atoms. The van der Waals surface area contributed by atoms with Gasteiger partial charge in [0.2, 0.25) is 0 Å². The van der Waals surface area contributed by atoms with E-state index >= 15 is 0 Å². The summed E-state index contributed by atoms with van der Waals surface area (Å²) < 4.78 is 2.43. The average molecular weight is 294 g/mol. The Morgan fingerprint density at radius 2 is 1.81 bits per heavy atom. The summed E-state index contributed by atoms with van der Waals surface area (Å²) in [6, 6.07) is 19.5. The number of benzene rings is 2. The first-order valence-corrected chi connectivity index (χ1v) is 8.36. The summed E-state index contributed by atoms with van der Waals surface area (Å²) in [6.07, 6.45) is 1.07. The molecule has 0 amide bonds. The van der Waals surface area contributed by atoms with Crippen LogP contribution in [0.1, 0.15) is 23.6 Å². The van der Waals surface area contributed by atoms with Gasteiger partial charge in [-0.1, -0.05) is 48.5 Å². The maximum absolute atomic E-state index is 6.39. The second kappa shape index (κ2) is 5.24. The second-order valence-corrected chi connectivity index (χ2v) is 6.63. The maximum Gasteiger partial charge on any atom is 0.0810 e. The highest BCUT2D eigenvalue weighted by Gasteiger charge is 2.25. The Morgan fingerprint density at radius 3 is 2.67 bits per heavy atom. The van der Waals surface area contributed by atoms with Crippen molar-refractivity contribution in [3.63, 3.8) is 0 Å². The van der Waals surface area contributed by atoms with Gasteiger partial charge in [-0.25, -0.2) is 0 Å². The van der Waals surface area contributed by atoms with Crippen molar-refractivity contribution in [3.05, 3.63) is 65.7 Å². The lowest BCUT2D eigenvalue weighted by molar-refractivity contribution is 0.650. The van der Waals surface area contributed by atoms with Crippen molar-refractivity contribution in [2.75, 3.05) is 5.75 Å². The fraction of sp³-hybridized carbons (Fsp3) is 0.222. The molecule has 1 aliphatic heterocycles. The molecule has 2 aromatic carbocycles. The minimum atomic E-state index is 0.170. The van der Waals surface area contributed by atoms with Gasteiger partial charge >= 0.3 is 0 Å². The predicted octanol–water partition coefficient (Wildman–Crippen LogP) is 4.19. The molecule has 1 aliphatic rings. The van der Waals surface area contributed by atoms with E-state index in [4.69, 9.17) is 5.73 Å². The molecule has 1 unspecified atom stereocenters. The van der Waals surface area contributed by atoms with E-state index in [1.807, 2.05) is 11.8 Å². The van der Waals surface area contributed by atoms with Crippen molar-refractivity contribution < 1.29 is 0 Å². The number of aromatic nitrogens is 1. The maximum atomic E-state index is 6.39. The highest BCUT2D eigenvalue weighted by Crippen LogP contribution is 2.42. The van der Waals surface area contributed by atoms with Gasteiger partial charge in [-0.05, 0) is 18.1 Å². The molecule has 106 valence electrons. The molecule has 0 bridgehead atoms. The fourth-order valence-electron chi connectivity index (χ4n) is 3.17. The van der Waals surface area contributed by atoms with Crippen molar-refractivity contribution >= 4 is 22.7 Å². The Kier molecular flexibility index (Phi) is 3.24. The topological polar surface area (TPSA) is 30.9 Å². The number of hydrogen-bond acceptors (Lipinski definition) is 2. The Hall–Kier alpha value is -1.71. The molecular formula is C18H18N2S. The minimum absolute atomic E-state index is 0.170. The van der Waals surface area contributed by atoms with Gasteiger partial charge in [0.1, 0.15) is 0 Å². The summed E-state index contributed by atoms with van der Waals surface area (Å²) in [5.74, 6) is 1.11. The first-order valence-electron chi connectivity index (χ1n) is 7.38. The smallest absolute Gasteiger partial charge is 0.0810 e. The van der Waals surface area contributed by atoms with Gasteiger partial charge < -0.3 is 10.3 Å². The summed E-state index contributed by atoms with van der Waals surface area (Å²) in [4.78, 5) is 0. The lowest BCUT2D eigenvalue weighted by atomic mass is 10.0. The second-order valence-electron chi connectivity index (χ2n) is 5.55. The van der Waals surface area contributed by atoms with Gasteiger partial charge in [0, 0.05) is 34.8 Å². The molecule has 4 rings (SSSR count). The fourth-order valence-corrected chi connectivity index (χ4v) is 4.47. The number of nitrogens with two attached hydrogens (primary N) is 1. The summed E-state index contributed by atoms with van der Waals surface area (Å²) in [5, 5.41) is 2.68.